The van der Waals surface area contributed by atoms with Gasteiger partial charge in [-0.05, 0) is 53.1 Å². The Morgan fingerprint density at radius 3 is 1.84 bits per heavy atom. The summed E-state index contributed by atoms with van der Waals surface area (Å²) in [6, 6.07) is 6.03. The third-order valence-corrected chi connectivity index (χ3v) is 6.92. The van der Waals surface area contributed by atoms with Crippen LogP contribution in [-0.2, 0) is 23.7 Å². The monoisotopic (exact) mass is 639 g/mol. The second-order valence-electron chi connectivity index (χ2n) is 9.58. The number of hydrogen-bond acceptors (Lipinski definition) is 6. The number of hydrogen-bond donors (Lipinski definition) is 1. The number of ether oxygens (including phenoxy) is 2. The van der Waals surface area contributed by atoms with Crippen LogP contribution in [0.4, 0.5) is 43.9 Å². The van der Waals surface area contributed by atoms with Crippen LogP contribution >= 0.6 is 0 Å². The Kier molecular flexibility index (Phi) is 8.16. The van der Waals surface area contributed by atoms with Crippen LogP contribution in [0.3, 0.4) is 0 Å². The van der Waals surface area contributed by atoms with Crippen LogP contribution in [-0.4, -0.2) is 45.0 Å². The first kappa shape index (κ1) is 32.3. The molecule has 0 radical (unpaired) electrons. The zero-order chi connectivity index (χ0) is 32.7. The van der Waals surface area contributed by atoms with E-state index in [-0.39, 0.29) is 0 Å². The molecule has 1 aliphatic carbocycles. The van der Waals surface area contributed by atoms with Crippen LogP contribution in [0.1, 0.15) is 23.4 Å². The summed E-state index contributed by atoms with van der Waals surface area (Å²) in [5.74, 6) is -5.95. The van der Waals surface area contributed by atoms with Gasteiger partial charge in [0.1, 0.15) is 22.7 Å². The lowest BCUT2D eigenvalue weighted by Crippen LogP contribution is -2.58. The van der Waals surface area contributed by atoms with Crippen LogP contribution in [0.25, 0.3) is 0 Å². The molecule has 236 valence electrons. The molecule has 0 fully saturated rings. The van der Waals surface area contributed by atoms with E-state index < -0.39 is 88.3 Å². The molecule has 0 saturated carbocycles. The van der Waals surface area contributed by atoms with Crippen molar-refractivity contribution in [3.8, 4) is 11.5 Å². The number of alkyl halides is 9. The van der Waals surface area contributed by atoms with Crippen LogP contribution in [0.15, 0.2) is 72.1 Å². The molecule has 44 heavy (non-hydrogen) atoms. The maximum Gasteiger partial charge on any atom is 0.573 e. The summed E-state index contributed by atoms with van der Waals surface area (Å²) < 4.78 is 150. The summed E-state index contributed by atoms with van der Waals surface area (Å²) in [6.45, 7) is 0. The number of carbonyl (C=O) groups is 1. The van der Waals surface area contributed by atoms with Gasteiger partial charge in [-0.15, -0.1) is 36.5 Å². The Labute approximate surface area is 240 Å². The third-order valence-electron chi connectivity index (χ3n) is 6.92. The number of halogens is 10. The normalized spacial score (nSPS) is 18.0. The predicted molar refractivity (Wildman–Crippen MR) is 129 cm³/mol. The molecule has 1 heterocycles. The van der Waals surface area contributed by atoms with Crippen molar-refractivity contribution in [2.24, 2.45) is 18.2 Å². The fourth-order valence-electron chi connectivity index (χ4n) is 5.31. The number of tetrazole rings is 1. The maximum absolute atomic E-state index is 16.2. The number of nitrogens with zero attached hydrogens (tertiary/aromatic N) is 4. The van der Waals surface area contributed by atoms with Gasteiger partial charge in [-0.25, -0.2) is 4.39 Å². The van der Waals surface area contributed by atoms with Crippen LogP contribution in [0.5, 0.6) is 11.5 Å². The van der Waals surface area contributed by atoms with Gasteiger partial charge >= 0.3 is 18.9 Å². The van der Waals surface area contributed by atoms with E-state index in [1.807, 2.05) is 0 Å². The zero-order valence-electron chi connectivity index (χ0n) is 22.1. The number of allylic oxidation sites excluding steroid dienone is 3. The summed E-state index contributed by atoms with van der Waals surface area (Å²) in [6.07, 6.45) is -18.0. The molecular weight excluding hydrogens is 620 g/mol. The van der Waals surface area contributed by atoms with Gasteiger partial charge in [0.25, 0.3) is 0 Å². The van der Waals surface area contributed by atoms with Crippen molar-refractivity contribution in [2.45, 2.75) is 37.2 Å². The molecule has 2 N–H and O–H groups in total. The highest BCUT2D eigenvalue weighted by Crippen LogP contribution is 2.65. The number of carbonyl (C=O) groups excluding carboxylic acids is 1. The van der Waals surface area contributed by atoms with Crippen molar-refractivity contribution in [2.75, 3.05) is 0 Å². The molecule has 0 aliphatic heterocycles. The van der Waals surface area contributed by atoms with E-state index in [1.165, 1.54) is 7.05 Å². The molecular formula is C26H19F10N5O3. The topological polar surface area (TPSA) is 105 Å². The van der Waals surface area contributed by atoms with E-state index in [1.54, 1.807) is 0 Å². The number of nitrogens with two attached hydrogens (primary N) is 1. The minimum atomic E-state index is -5.72. The largest absolute Gasteiger partial charge is 0.573 e. The molecule has 4 rings (SSSR count). The molecule has 0 bridgehead atoms. The van der Waals surface area contributed by atoms with Crippen LogP contribution in [0, 0.1) is 5.41 Å². The number of aryl methyl sites for hydroxylation is 1. The van der Waals surface area contributed by atoms with Gasteiger partial charge in [0.15, 0.2) is 5.82 Å². The van der Waals surface area contributed by atoms with E-state index in [9.17, 15) is 31.1 Å². The third kappa shape index (κ3) is 6.19. The van der Waals surface area contributed by atoms with E-state index in [4.69, 9.17) is 5.73 Å². The van der Waals surface area contributed by atoms with E-state index in [2.05, 4.69) is 24.9 Å². The number of amides is 1. The second-order valence-corrected chi connectivity index (χ2v) is 9.58. The lowest BCUT2D eigenvalue weighted by atomic mass is 9.51. The molecule has 3 aromatic rings. The van der Waals surface area contributed by atoms with Crippen LogP contribution < -0.4 is 15.2 Å². The number of benzene rings is 2. The van der Waals surface area contributed by atoms with E-state index in [0.717, 1.165) is 41.2 Å². The fraction of sp³-hybridized carbons (Fsp3) is 0.308. The van der Waals surface area contributed by atoms with Crippen molar-refractivity contribution < 1.29 is 58.2 Å². The Bertz CT molecular complexity index is 1550. The van der Waals surface area contributed by atoms with Crippen molar-refractivity contribution in [3.05, 3.63) is 89.0 Å². The van der Waals surface area contributed by atoms with Crippen molar-refractivity contribution in [1.82, 2.24) is 20.2 Å². The van der Waals surface area contributed by atoms with E-state index >= 15 is 17.6 Å². The molecule has 0 spiro atoms. The first-order valence-corrected chi connectivity index (χ1v) is 12.2. The van der Waals surface area contributed by atoms with Crippen molar-refractivity contribution >= 4 is 5.91 Å². The zero-order valence-corrected chi connectivity index (χ0v) is 22.1. The highest BCUT2D eigenvalue weighted by atomic mass is 19.4. The Balaban J connectivity index is 2.20. The standard InChI is InChI=1S/C26H19F10N5O3/c1-41-39-20(38-40-41)13-22(15-4-2-6-17(10-15)43-25(31,32)33,16-5-3-7-18(11-16)44-26(34,35)36)23(24(28,29)30)12-14(21(37)42)8-9-19(23)27/h2-11H,12-13H2,1H3,(H2,37,42). The molecule has 18 heteroatoms. The van der Waals surface area contributed by atoms with Gasteiger partial charge < -0.3 is 15.2 Å². The Hall–Kier alpha value is -4.64. The lowest BCUT2D eigenvalue weighted by Gasteiger charge is -2.52. The summed E-state index contributed by atoms with van der Waals surface area (Å²) in [7, 11) is 1.22. The molecule has 2 aromatic carbocycles. The quantitative estimate of drug-likeness (QED) is 0.315. The summed E-state index contributed by atoms with van der Waals surface area (Å²) in [5.41, 5.74) is -3.91. The highest BCUT2D eigenvalue weighted by molar-refractivity contribution is 5.93. The average Bonchev–Trinajstić information content (AvgIpc) is 3.29. The minimum absolute atomic E-state index is 0.308. The average molecular weight is 639 g/mol. The molecule has 1 amide bonds. The van der Waals surface area contributed by atoms with Crippen molar-refractivity contribution in [3.63, 3.8) is 0 Å². The maximum atomic E-state index is 16.2. The number of rotatable bonds is 8. The van der Waals surface area contributed by atoms with Gasteiger partial charge in [-0.1, -0.05) is 30.3 Å². The fourth-order valence-corrected chi connectivity index (χ4v) is 5.31. The second kappa shape index (κ2) is 11.1. The van der Waals surface area contributed by atoms with Crippen LogP contribution in [0.2, 0.25) is 0 Å². The number of primary amides is 1. The molecule has 1 atom stereocenters. The van der Waals surface area contributed by atoms with Gasteiger partial charge in [0.05, 0.1) is 7.05 Å². The van der Waals surface area contributed by atoms with E-state index in [0.29, 0.717) is 24.3 Å². The summed E-state index contributed by atoms with van der Waals surface area (Å²) >= 11 is 0. The summed E-state index contributed by atoms with van der Waals surface area (Å²) in [4.78, 5) is 13.0. The highest BCUT2D eigenvalue weighted by Gasteiger charge is 2.71. The SMILES string of the molecule is Cn1nnc(CC(c2cccc(OC(F)(F)F)c2)(c2cccc(OC(F)(F)F)c2)C2(C(F)(F)F)CC(C(N)=O)=CC=C2F)n1. The molecule has 1 aromatic heterocycles. The summed E-state index contributed by atoms with van der Waals surface area (Å²) in [5, 5.41) is 11.1. The van der Waals surface area contributed by atoms with Gasteiger partial charge in [-0.3, -0.25) is 4.79 Å². The van der Waals surface area contributed by atoms with Crippen molar-refractivity contribution in [1.29, 1.82) is 0 Å². The molecule has 1 aliphatic rings. The Morgan fingerprint density at radius 1 is 0.909 bits per heavy atom. The first-order chi connectivity index (χ1) is 20.3. The first-order valence-electron chi connectivity index (χ1n) is 12.2. The smallest absolute Gasteiger partial charge is 0.406 e. The molecule has 0 saturated heterocycles. The number of aromatic nitrogens is 4. The predicted octanol–water partition coefficient (Wildman–Crippen LogP) is 5.75. The minimum Gasteiger partial charge on any atom is -0.406 e. The lowest BCUT2D eigenvalue weighted by molar-refractivity contribution is -0.275. The molecule has 1 unspecified atom stereocenters. The van der Waals surface area contributed by atoms with Gasteiger partial charge in [0, 0.05) is 17.4 Å². The molecule has 8 nitrogen and oxygen atoms in total. The van der Waals surface area contributed by atoms with Gasteiger partial charge in [-0.2, -0.15) is 18.0 Å². The Morgan fingerprint density at radius 2 is 1.43 bits per heavy atom. The van der Waals surface area contributed by atoms with Gasteiger partial charge in [0.2, 0.25) is 5.91 Å².